The normalized spacial score (nSPS) is 10.2. The Morgan fingerprint density at radius 2 is 2.24 bits per heavy atom. The first kappa shape index (κ1) is 12.8. The summed E-state index contributed by atoms with van der Waals surface area (Å²) in [5.74, 6) is -0.997. The van der Waals surface area contributed by atoms with Crippen LogP contribution >= 0.6 is 0 Å². The molecule has 5 heteroatoms. The van der Waals surface area contributed by atoms with Crippen molar-refractivity contribution in [2.24, 2.45) is 0 Å². The lowest BCUT2D eigenvalue weighted by Crippen LogP contribution is -2.22. The van der Waals surface area contributed by atoms with Crippen molar-refractivity contribution in [3.8, 4) is 0 Å². The largest absolute Gasteiger partial charge is 0.478 e. The fraction of sp³-hybridized carbons (Fsp3) is 0.167. The van der Waals surface area contributed by atoms with Crippen molar-refractivity contribution in [3.63, 3.8) is 0 Å². The lowest BCUT2D eigenvalue weighted by atomic mass is 10.1. The smallest absolute Gasteiger partial charge is 0.407 e. The van der Waals surface area contributed by atoms with Crippen LogP contribution < -0.4 is 5.32 Å². The molecular formula is C12H13NO4. The van der Waals surface area contributed by atoms with Gasteiger partial charge in [0, 0.05) is 12.6 Å². The third-order valence-electron chi connectivity index (χ3n) is 1.99. The van der Waals surface area contributed by atoms with Gasteiger partial charge in [-0.1, -0.05) is 18.2 Å². The summed E-state index contributed by atoms with van der Waals surface area (Å²) in [7, 11) is 1.29. The van der Waals surface area contributed by atoms with Crippen LogP contribution in [0, 0.1) is 0 Å². The third-order valence-corrected chi connectivity index (χ3v) is 1.99. The third kappa shape index (κ3) is 4.83. The number of benzene rings is 1. The number of carbonyl (C=O) groups is 2. The summed E-state index contributed by atoms with van der Waals surface area (Å²) >= 11 is 0. The monoisotopic (exact) mass is 235 g/mol. The molecule has 0 aliphatic carbocycles. The molecule has 90 valence electrons. The number of carboxylic acids is 1. The van der Waals surface area contributed by atoms with Crippen molar-refractivity contribution >= 4 is 18.1 Å². The van der Waals surface area contributed by atoms with Crippen LogP contribution in [-0.4, -0.2) is 24.3 Å². The molecule has 0 radical (unpaired) electrons. The van der Waals surface area contributed by atoms with Gasteiger partial charge in [-0.15, -0.1) is 0 Å². The number of carbonyl (C=O) groups excluding carboxylic acids is 1. The first-order chi connectivity index (χ1) is 8.11. The zero-order valence-electron chi connectivity index (χ0n) is 9.34. The topological polar surface area (TPSA) is 75.6 Å². The summed E-state index contributed by atoms with van der Waals surface area (Å²) in [4.78, 5) is 21.2. The number of alkyl carbamates (subject to hydrolysis) is 1. The van der Waals surface area contributed by atoms with Crippen molar-refractivity contribution < 1.29 is 19.4 Å². The zero-order valence-corrected chi connectivity index (χ0v) is 9.34. The van der Waals surface area contributed by atoms with Crippen LogP contribution in [0.5, 0.6) is 0 Å². The Balaban J connectivity index is 2.65. The Morgan fingerprint density at radius 3 is 2.88 bits per heavy atom. The highest BCUT2D eigenvalue weighted by atomic mass is 16.5. The van der Waals surface area contributed by atoms with Gasteiger partial charge in [0.2, 0.25) is 0 Å². The van der Waals surface area contributed by atoms with Crippen LogP contribution in [0.3, 0.4) is 0 Å². The van der Waals surface area contributed by atoms with Gasteiger partial charge in [0.25, 0.3) is 0 Å². The maximum absolute atomic E-state index is 10.9. The molecule has 0 bridgehead atoms. The first-order valence-electron chi connectivity index (χ1n) is 4.93. The molecule has 0 aliphatic rings. The molecule has 0 atom stereocenters. The minimum Gasteiger partial charge on any atom is -0.478 e. The second-order valence-corrected chi connectivity index (χ2v) is 3.26. The molecule has 0 spiro atoms. The van der Waals surface area contributed by atoms with Gasteiger partial charge in [0.05, 0.1) is 7.11 Å². The van der Waals surface area contributed by atoms with E-state index in [0.717, 1.165) is 17.2 Å². The molecule has 2 N–H and O–H groups in total. The average molecular weight is 235 g/mol. The summed E-state index contributed by atoms with van der Waals surface area (Å²) in [5, 5.41) is 11.0. The average Bonchev–Trinajstić information content (AvgIpc) is 2.34. The predicted molar refractivity (Wildman–Crippen MR) is 62.4 cm³/mol. The number of methoxy groups -OCH3 is 1. The summed E-state index contributed by atoms with van der Waals surface area (Å²) in [6.45, 7) is 0.335. The van der Waals surface area contributed by atoms with E-state index in [1.54, 1.807) is 18.2 Å². The van der Waals surface area contributed by atoms with E-state index in [-0.39, 0.29) is 0 Å². The summed E-state index contributed by atoms with van der Waals surface area (Å²) in [6, 6.07) is 7.18. The maximum Gasteiger partial charge on any atom is 0.407 e. The second-order valence-electron chi connectivity index (χ2n) is 3.26. The molecule has 0 heterocycles. The number of amides is 1. The minimum absolute atomic E-state index is 0.335. The fourth-order valence-electron chi connectivity index (χ4n) is 1.22. The van der Waals surface area contributed by atoms with Crippen LogP contribution in [-0.2, 0) is 16.1 Å². The predicted octanol–water partition coefficient (Wildman–Crippen LogP) is 1.64. The standard InChI is InChI=1S/C12H13NO4/c1-17-12(16)13-8-10-4-2-3-9(7-10)5-6-11(14)15/h2-7H,8H2,1H3,(H,13,16)(H,14,15)/b6-5+. The Kier molecular flexibility index (Phi) is 4.75. The quantitative estimate of drug-likeness (QED) is 0.778. The molecule has 5 nitrogen and oxygen atoms in total. The van der Waals surface area contributed by atoms with E-state index >= 15 is 0 Å². The van der Waals surface area contributed by atoms with Crippen molar-refractivity contribution in [2.75, 3.05) is 7.11 Å². The Bertz CT molecular complexity index is 440. The number of ether oxygens (including phenoxy) is 1. The number of nitrogens with one attached hydrogen (secondary N) is 1. The van der Waals surface area contributed by atoms with Gasteiger partial charge in [-0.2, -0.15) is 0 Å². The van der Waals surface area contributed by atoms with E-state index in [1.807, 2.05) is 6.07 Å². The molecule has 0 saturated heterocycles. The van der Waals surface area contributed by atoms with Crippen molar-refractivity contribution in [3.05, 3.63) is 41.5 Å². The van der Waals surface area contributed by atoms with E-state index in [1.165, 1.54) is 13.2 Å². The molecule has 1 rings (SSSR count). The zero-order chi connectivity index (χ0) is 12.7. The van der Waals surface area contributed by atoms with Crippen LogP contribution in [0.4, 0.5) is 4.79 Å². The highest BCUT2D eigenvalue weighted by Gasteiger charge is 1.99. The van der Waals surface area contributed by atoms with E-state index in [9.17, 15) is 9.59 Å². The summed E-state index contributed by atoms with van der Waals surface area (Å²) in [5.41, 5.74) is 1.62. The van der Waals surface area contributed by atoms with Gasteiger partial charge in [0.1, 0.15) is 0 Å². The van der Waals surface area contributed by atoms with E-state index in [4.69, 9.17) is 5.11 Å². The highest BCUT2D eigenvalue weighted by molar-refractivity contribution is 5.85. The molecule has 1 aromatic rings. The van der Waals surface area contributed by atoms with Gasteiger partial charge in [-0.3, -0.25) is 0 Å². The van der Waals surface area contributed by atoms with E-state index in [2.05, 4.69) is 10.1 Å². The fourth-order valence-corrected chi connectivity index (χ4v) is 1.22. The Morgan fingerprint density at radius 1 is 1.47 bits per heavy atom. The van der Waals surface area contributed by atoms with Crippen LogP contribution in [0.15, 0.2) is 30.3 Å². The highest BCUT2D eigenvalue weighted by Crippen LogP contribution is 2.07. The van der Waals surface area contributed by atoms with Gasteiger partial charge in [-0.05, 0) is 23.3 Å². The minimum atomic E-state index is -0.997. The maximum atomic E-state index is 10.9. The molecule has 0 saturated carbocycles. The van der Waals surface area contributed by atoms with Gasteiger partial charge < -0.3 is 15.2 Å². The molecule has 0 aromatic heterocycles. The number of rotatable bonds is 4. The van der Waals surface area contributed by atoms with Crippen LogP contribution in [0.2, 0.25) is 0 Å². The Hall–Kier alpha value is -2.30. The molecule has 1 aromatic carbocycles. The van der Waals surface area contributed by atoms with Crippen molar-refractivity contribution in [1.82, 2.24) is 5.32 Å². The molecule has 0 aliphatic heterocycles. The summed E-state index contributed by atoms with van der Waals surface area (Å²) in [6.07, 6.45) is 2.05. The number of carboxylic acid groups (broad SMARTS) is 1. The molecule has 1 amide bonds. The van der Waals surface area contributed by atoms with E-state index < -0.39 is 12.1 Å². The number of hydrogen-bond donors (Lipinski definition) is 2. The lowest BCUT2D eigenvalue weighted by Gasteiger charge is -2.04. The molecule has 0 unspecified atom stereocenters. The van der Waals surface area contributed by atoms with Crippen LogP contribution in [0.25, 0.3) is 6.08 Å². The van der Waals surface area contributed by atoms with Crippen molar-refractivity contribution in [1.29, 1.82) is 0 Å². The first-order valence-corrected chi connectivity index (χ1v) is 4.93. The van der Waals surface area contributed by atoms with E-state index in [0.29, 0.717) is 6.54 Å². The lowest BCUT2D eigenvalue weighted by molar-refractivity contribution is -0.131. The van der Waals surface area contributed by atoms with Gasteiger partial charge >= 0.3 is 12.1 Å². The second kappa shape index (κ2) is 6.32. The molecule has 17 heavy (non-hydrogen) atoms. The van der Waals surface area contributed by atoms with Crippen molar-refractivity contribution in [2.45, 2.75) is 6.54 Å². The van der Waals surface area contributed by atoms with Gasteiger partial charge in [0.15, 0.2) is 0 Å². The Labute approximate surface area is 98.7 Å². The number of hydrogen-bond acceptors (Lipinski definition) is 3. The van der Waals surface area contributed by atoms with Crippen LogP contribution in [0.1, 0.15) is 11.1 Å². The summed E-state index contributed by atoms with van der Waals surface area (Å²) < 4.78 is 4.44. The SMILES string of the molecule is COC(=O)NCc1cccc(/C=C/C(=O)O)c1. The molecular weight excluding hydrogens is 222 g/mol. The number of aliphatic carboxylic acids is 1. The molecule has 0 fully saturated rings. The van der Waals surface area contributed by atoms with Gasteiger partial charge in [-0.25, -0.2) is 9.59 Å².